The minimum atomic E-state index is -0.431. The van der Waals surface area contributed by atoms with E-state index in [1.807, 2.05) is 30.3 Å². The molecule has 2 aromatic rings. The summed E-state index contributed by atoms with van der Waals surface area (Å²) in [6, 6.07) is 16.7. The van der Waals surface area contributed by atoms with Gasteiger partial charge in [-0.2, -0.15) is 0 Å². The van der Waals surface area contributed by atoms with Gasteiger partial charge >= 0.3 is 0 Å². The molecule has 2 aromatic carbocycles. The van der Waals surface area contributed by atoms with Crippen molar-refractivity contribution in [1.82, 2.24) is 0 Å². The highest BCUT2D eigenvalue weighted by molar-refractivity contribution is 6.00. The molecule has 1 heterocycles. The van der Waals surface area contributed by atoms with Gasteiger partial charge in [-0.15, -0.1) is 0 Å². The summed E-state index contributed by atoms with van der Waals surface area (Å²) in [5.74, 6) is 0.516. The molecule has 2 N–H and O–H groups in total. The molecule has 0 aliphatic carbocycles. The van der Waals surface area contributed by atoms with Crippen LogP contribution in [0.15, 0.2) is 54.6 Å². The third-order valence-electron chi connectivity index (χ3n) is 3.65. The second-order valence-electron chi connectivity index (χ2n) is 5.22. The van der Waals surface area contributed by atoms with E-state index in [1.54, 1.807) is 29.2 Å². The average Bonchev–Trinajstić information content (AvgIpc) is 2.91. The van der Waals surface area contributed by atoms with E-state index in [9.17, 15) is 9.59 Å². The number of ether oxygens (including phenoxy) is 1. The summed E-state index contributed by atoms with van der Waals surface area (Å²) < 4.78 is 5.70. The number of hydrogen-bond donors (Lipinski definition) is 1. The molecular formula is C17H16N2O3. The molecule has 0 bridgehead atoms. The fourth-order valence-corrected chi connectivity index (χ4v) is 2.47. The lowest BCUT2D eigenvalue weighted by Crippen LogP contribution is -2.28. The van der Waals surface area contributed by atoms with E-state index in [-0.39, 0.29) is 12.3 Å². The monoisotopic (exact) mass is 296 g/mol. The highest BCUT2D eigenvalue weighted by Crippen LogP contribution is 2.28. The molecule has 5 nitrogen and oxygen atoms in total. The van der Waals surface area contributed by atoms with E-state index in [2.05, 4.69) is 0 Å². The molecule has 0 radical (unpaired) electrons. The highest BCUT2D eigenvalue weighted by Gasteiger charge is 2.33. The number of rotatable bonds is 4. The van der Waals surface area contributed by atoms with Crippen molar-refractivity contribution in [1.29, 1.82) is 0 Å². The fourth-order valence-electron chi connectivity index (χ4n) is 2.47. The largest absolute Gasteiger partial charge is 0.457 e. The molecule has 3 rings (SSSR count). The smallest absolute Gasteiger partial charge is 0.227 e. The van der Waals surface area contributed by atoms with Crippen LogP contribution in [0.25, 0.3) is 0 Å². The molecule has 1 atom stereocenters. The van der Waals surface area contributed by atoms with Gasteiger partial charge in [0.1, 0.15) is 11.5 Å². The Morgan fingerprint density at radius 1 is 1.05 bits per heavy atom. The molecule has 2 amide bonds. The Kier molecular flexibility index (Phi) is 3.78. The first-order chi connectivity index (χ1) is 10.6. The number of amides is 2. The van der Waals surface area contributed by atoms with Gasteiger partial charge in [0.25, 0.3) is 0 Å². The van der Waals surface area contributed by atoms with Crippen molar-refractivity contribution in [3.8, 4) is 11.5 Å². The first kappa shape index (κ1) is 14.1. The zero-order valence-electron chi connectivity index (χ0n) is 11.9. The Morgan fingerprint density at radius 2 is 1.68 bits per heavy atom. The van der Waals surface area contributed by atoms with E-state index in [0.29, 0.717) is 12.3 Å². The number of benzene rings is 2. The van der Waals surface area contributed by atoms with E-state index in [0.717, 1.165) is 11.4 Å². The molecule has 1 aliphatic rings. The third kappa shape index (κ3) is 2.93. The van der Waals surface area contributed by atoms with Gasteiger partial charge in [0.05, 0.1) is 5.92 Å². The number of carbonyl (C=O) groups is 2. The molecule has 5 heteroatoms. The van der Waals surface area contributed by atoms with Gasteiger partial charge in [-0.25, -0.2) is 0 Å². The number of nitrogens with zero attached hydrogens (tertiary/aromatic N) is 1. The third-order valence-corrected chi connectivity index (χ3v) is 3.65. The predicted octanol–water partition coefficient (Wildman–Crippen LogP) is 2.32. The molecule has 0 saturated carbocycles. The minimum Gasteiger partial charge on any atom is -0.457 e. The van der Waals surface area contributed by atoms with Gasteiger partial charge in [-0.3, -0.25) is 9.59 Å². The summed E-state index contributed by atoms with van der Waals surface area (Å²) in [6.45, 7) is 0.340. The van der Waals surface area contributed by atoms with Crippen molar-refractivity contribution in [2.75, 3.05) is 11.4 Å². The summed E-state index contributed by atoms with van der Waals surface area (Å²) >= 11 is 0. The molecular weight excluding hydrogens is 280 g/mol. The Balaban J connectivity index is 1.72. The van der Waals surface area contributed by atoms with E-state index >= 15 is 0 Å². The zero-order chi connectivity index (χ0) is 15.5. The van der Waals surface area contributed by atoms with E-state index < -0.39 is 11.8 Å². The van der Waals surface area contributed by atoms with Crippen molar-refractivity contribution < 1.29 is 14.3 Å². The van der Waals surface area contributed by atoms with Crippen molar-refractivity contribution in [3.05, 3.63) is 54.6 Å². The first-order valence-corrected chi connectivity index (χ1v) is 7.06. The summed E-state index contributed by atoms with van der Waals surface area (Å²) in [5, 5.41) is 0. The van der Waals surface area contributed by atoms with E-state index in [1.165, 1.54) is 0 Å². The van der Waals surface area contributed by atoms with Crippen molar-refractivity contribution in [2.45, 2.75) is 6.42 Å². The summed E-state index contributed by atoms with van der Waals surface area (Å²) in [7, 11) is 0. The summed E-state index contributed by atoms with van der Waals surface area (Å²) in [5.41, 5.74) is 6.02. The molecule has 112 valence electrons. The number of hydrogen-bond acceptors (Lipinski definition) is 3. The Labute approximate surface area is 128 Å². The van der Waals surface area contributed by atoms with Crippen LogP contribution < -0.4 is 15.4 Å². The molecule has 0 aromatic heterocycles. The van der Waals surface area contributed by atoms with Crippen molar-refractivity contribution in [3.63, 3.8) is 0 Å². The number of nitrogens with two attached hydrogens (primary N) is 1. The molecule has 1 aliphatic heterocycles. The van der Waals surface area contributed by atoms with Crippen LogP contribution in [0.3, 0.4) is 0 Å². The lowest BCUT2D eigenvalue weighted by molar-refractivity contribution is -0.123. The standard InChI is InChI=1S/C17H16N2O3/c18-17(21)12-10-16(20)19(11-12)13-6-8-15(9-7-13)22-14-4-2-1-3-5-14/h1-9,12H,10-11H2,(H2,18,21)/t12-/m1/s1. The Morgan fingerprint density at radius 3 is 2.27 bits per heavy atom. The van der Waals surface area contributed by atoms with Crippen LogP contribution in [0.2, 0.25) is 0 Å². The normalized spacial score (nSPS) is 17.5. The molecule has 1 fully saturated rings. The minimum absolute atomic E-state index is 0.0828. The topological polar surface area (TPSA) is 72.6 Å². The van der Waals surface area contributed by atoms with Crippen LogP contribution in [-0.2, 0) is 9.59 Å². The molecule has 1 saturated heterocycles. The van der Waals surface area contributed by atoms with Gasteiger partial charge in [0.15, 0.2) is 0 Å². The summed E-state index contributed by atoms with van der Waals surface area (Å²) in [4.78, 5) is 24.7. The van der Waals surface area contributed by atoms with Gasteiger partial charge in [-0.1, -0.05) is 18.2 Å². The van der Waals surface area contributed by atoms with Crippen LogP contribution in [-0.4, -0.2) is 18.4 Å². The van der Waals surface area contributed by atoms with E-state index in [4.69, 9.17) is 10.5 Å². The predicted molar refractivity (Wildman–Crippen MR) is 82.6 cm³/mol. The first-order valence-electron chi connectivity index (χ1n) is 7.06. The second-order valence-corrected chi connectivity index (χ2v) is 5.22. The van der Waals surface area contributed by atoms with Crippen LogP contribution >= 0.6 is 0 Å². The number of para-hydroxylation sites is 1. The van der Waals surface area contributed by atoms with Crippen LogP contribution in [0, 0.1) is 5.92 Å². The van der Waals surface area contributed by atoms with Crippen molar-refractivity contribution >= 4 is 17.5 Å². The lowest BCUT2D eigenvalue weighted by atomic mass is 10.1. The Hall–Kier alpha value is -2.82. The molecule has 22 heavy (non-hydrogen) atoms. The SMILES string of the molecule is NC(=O)[C@@H]1CC(=O)N(c2ccc(Oc3ccccc3)cc2)C1. The van der Waals surface area contributed by atoms with Crippen molar-refractivity contribution in [2.24, 2.45) is 11.7 Å². The van der Waals surface area contributed by atoms with Crippen LogP contribution in [0.4, 0.5) is 5.69 Å². The van der Waals surface area contributed by atoms with Crippen LogP contribution in [0.1, 0.15) is 6.42 Å². The van der Waals surface area contributed by atoms with Crippen LogP contribution in [0.5, 0.6) is 11.5 Å². The lowest BCUT2D eigenvalue weighted by Gasteiger charge is -2.16. The maximum atomic E-state index is 12.0. The molecule has 0 unspecified atom stereocenters. The fraction of sp³-hybridized carbons (Fsp3) is 0.176. The van der Waals surface area contributed by atoms with Gasteiger partial charge < -0.3 is 15.4 Å². The second kappa shape index (κ2) is 5.89. The summed E-state index contributed by atoms with van der Waals surface area (Å²) in [6.07, 6.45) is 0.178. The van der Waals surface area contributed by atoms with Gasteiger partial charge in [0, 0.05) is 18.7 Å². The number of carbonyl (C=O) groups excluding carboxylic acids is 2. The average molecular weight is 296 g/mol. The van der Waals surface area contributed by atoms with Gasteiger partial charge in [-0.05, 0) is 36.4 Å². The maximum Gasteiger partial charge on any atom is 0.227 e. The number of primary amides is 1. The maximum absolute atomic E-state index is 12.0. The number of anilines is 1. The molecule has 0 spiro atoms. The quantitative estimate of drug-likeness (QED) is 0.941. The highest BCUT2D eigenvalue weighted by atomic mass is 16.5. The van der Waals surface area contributed by atoms with Gasteiger partial charge in [0.2, 0.25) is 11.8 Å². The zero-order valence-corrected chi connectivity index (χ0v) is 11.9. The Bertz CT molecular complexity index is 683.